The van der Waals surface area contributed by atoms with Crippen LogP contribution in [0.4, 0.5) is 11.4 Å². The Kier molecular flexibility index (Phi) is 5.96. The molecule has 10 nitrogen and oxygen atoms in total. The van der Waals surface area contributed by atoms with Crippen molar-refractivity contribution in [3.05, 3.63) is 44.0 Å². The van der Waals surface area contributed by atoms with E-state index in [2.05, 4.69) is 6.92 Å². The van der Waals surface area contributed by atoms with E-state index in [0.717, 1.165) is 31.0 Å². The van der Waals surface area contributed by atoms with Crippen LogP contribution in [-0.4, -0.2) is 62.8 Å². The van der Waals surface area contributed by atoms with E-state index in [1.807, 2.05) is 6.92 Å². The molecule has 2 aliphatic rings. The van der Waals surface area contributed by atoms with Crippen molar-refractivity contribution in [3.8, 4) is 0 Å². The second kappa shape index (κ2) is 7.98. The zero-order valence-corrected chi connectivity index (χ0v) is 18.0. The van der Waals surface area contributed by atoms with Crippen LogP contribution in [0.5, 0.6) is 0 Å². The van der Waals surface area contributed by atoms with E-state index in [9.17, 15) is 25.0 Å². The molecule has 0 N–H and O–H groups in total. The first kappa shape index (κ1) is 21.6. The van der Waals surface area contributed by atoms with Gasteiger partial charge in [0.05, 0.1) is 0 Å². The molecule has 1 aromatic carbocycles. The summed E-state index contributed by atoms with van der Waals surface area (Å²) in [5.41, 5.74) is -1.52. The maximum atomic E-state index is 12.5. The van der Waals surface area contributed by atoms with Crippen molar-refractivity contribution in [1.82, 2.24) is 0 Å². The Bertz CT molecular complexity index is 817. The van der Waals surface area contributed by atoms with Gasteiger partial charge in [0.2, 0.25) is 0 Å². The Balaban J connectivity index is 1.76. The third-order valence-electron chi connectivity index (χ3n) is 5.46. The van der Waals surface area contributed by atoms with E-state index in [1.165, 1.54) is 0 Å². The molecule has 2 saturated heterocycles. The van der Waals surface area contributed by atoms with Gasteiger partial charge in [-0.2, -0.15) is 0 Å². The molecule has 0 amide bonds. The number of non-ortho nitro benzene ring substituents is 2. The Morgan fingerprint density at radius 3 is 2.41 bits per heavy atom. The molecule has 0 unspecified atom stereocenters. The number of hydrogen-bond acceptors (Lipinski definition) is 8. The van der Waals surface area contributed by atoms with Crippen molar-refractivity contribution < 1.29 is 28.9 Å². The van der Waals surface area contributed by atoms with E-state index < -0.39 is 27.2 Å². The summed E-state index contributed by atoms with van der Waals surface area (Å²) in [5.74, 6) is -0.830. The quantitative estimate of drug-likeness (QED) is 0.256. The summed E-state index contributed by atoms with van der Waals surface area (Å²) in [6.07, 6.45) is 1.72. The SMILES string of the molecule is COC[C@@H]1[Se][C@@](C)(COC(=O)c2cc([N+](=O)[O-])cc([N+](=O)[O-])c2)[C@H]2CC[C@]1(C)O2. The standard InChI is InChI=1S/C18H22N2O8Se/c1-17-5-4-14(28-17)18(2,29-15(17)9-26-3)10-27-16(21)11-6-12(19(22)23)8-13(7-11)20(24)25/h6-8,14-15H,4-5,9-10H2,1-3H3/t14-,15+,17+,18+/m1/s1. The second-order valence-corrected chi connectivity index (χ2v) is 11.3. The fourth-order valence-corrected chi connectivity index (χ4v) is 7.37. The number of esters is 1. The topological polar surface area (TPSA) is 131 Å². The zero-order chi connectivity index (χ0) is 21.4. The molecule has 0 aliphatic carbocycles. The van der Waals surface area contributed by atoms with Crippen LogP contribution >= 0.6 is 0 Å². The van der Waals surface area contributed by atoms with Gasteiger partial charge in [0, 0.05) is 0 Å². The fraction of sp³-hybridized carbons (Fsp3) is 0.611. The minimum atomic E-state index is -0.830. The Labute approximate surface area is 173 Å². The molecule has 2 heterocycles. The minimum absolute atomic E-state index is 0.0483. The van der Waals surface area contributed by atoms with E-state index in [-0.39, 0.29) is 48.0 Å². The van der Waals surface area contributed by atoms with E-state index in [1.54, 1.807) is 7.11 Å². The van der Waals surface area contributed by atoms with Crippen LogP contribution < -0.4 is 0 Å². The van der Waals surface area contributed by atoms with Crippen LogP contribution in [0, 0.1) is 20.2 Å². The molecule has 11 heteroatoms. The summed E-state index contributed by atoms with van der Waals surface area (Å²) in [4.78, 5) is 33.2. The first-order chi connectivity index (χ1) is 13.6. The summed E-state index contributed by atoms with van der Waals surface area (Å²) in [6, 6.07) is 2.78. The Morgan fingerprint density at radius 2 is 1.86 bits per heavy atom. The number of nitro groups is 2. The molecular weight excluding hydrogens is 451 g/mol. The number of carbonyl (C=O) groups is 1. The fourth-order valence-electron chi connectivity index (χ4n) is 3.76. The molecule has 4 atom stereocenters. The molecular formula is C18H22N2O8Se. The van der Waals surface area contributed by atoms with Gasteiger partial charge in [0.1, 0.15) is 0 Å². The molecule has 29 heavy (non-hydrogen) atoms. The van der Waals surface area contributed by atoms with Crippen LogP contribution in [0.2, 0.25) is 9.13 Å². The van der Waals surface area contributed by atoms with Crippen molar-refractivity contribution in [2.24, 2.45) is 0 Å². The molecule has 0 radical (unpaired) electrons. The second-order valence-electron chi connectivity index (χ2n) is 7.66. The van der Waals surface area contributed by atoms with Crippen molar-refractivity contribution in [1.29, 1.82) is 0 Å². The zero-order valence-electron chi connectivity index (χ0n) is 16.3. The van der Waals surface area contributed by atoms with E-state index in [0.29, 0.717) is 6.61 Å². The van der Waals surface area contributed by atoms with Gasteiger partial charge in [-0.05, 0) is 0 Å². The van der Waals surface area contributed by atoms with Crippen LogP contribution in [0.3, 0.4) is 0 Å². The summed E-state index contributed by atoms with van der Waals surface area (Å²) in [6.45, 7) is 4.73. The maximum absolute atomic E-state index is 12.5. The third kappa shape index (κ3) is 4.28. The van der Waals surface area contributed by atoms with Gasteiger partial charge in [0.25, 0.3) is 0 Å². The van der Waals surface area contributed by atoms with E-state index >= 15 is 0 Å². The number of hydrogen-bond donors (Lipinski definition) is 0. The van der Waals surface area contributed by atoms with Gasteiger partial charge in [-0.1, -0.05) is 0 Å². The van der Waals surface area contributed by atoms with Crippen molar-refractivity contribution >= 4 is 32.3 Å². The molecule has 1 aromatic rings. The summed E-state index contributed by atoms with van der Waals surface area (Å²) < 4.78 is 16.7. The summed E-state index contributed by atoms with van der Waals surface area (Å²) >= 11 is 0.0616. The normalized spacial score (nSPS) is 30.7. The van der Waals surface area contributed by atoms with Gasteiger partial charge in [-0.3, -0.25) is 0 Å². The third-order valence-corrected chi connectivity index (χ3v) is 9.31. The Morgan fingerprint density at radius 1 is 1.24 bits per heavy atom. The molecule has 2 aliphatic heterocycles. The average Bonchev–Trinajstić information content (AvgIpc) is 3.05. The van der Waals surface area contributed by atoms with Gasteiger partial charge < -0.3 is 0 Å². The Hall–Kier alpha value is -2.07. The first-order valence-corrected chi connectivity index (χ1v) is 10.9. The van der Waals surface area contributed by atoms with Crippen LogP contribution in [0.1, 0.15) is 37.0 Å². The first-order valence-electron chi connectivity index (χ1n) is 9.03. The number of rotatable bonds is 7. The molecule has 3 rings (SSSR count). The summed E-state index contributed by atoms with van der Waals surface area (Å²) in [5, 5.41) is 22.1. The van der Waals surface area contributed by atoms with Crippen molar-refractivity contribution in [2.45, 2.75) is 47.5 Å². The molecule has 2 fully saturated rings. The van der Waals surface area contributed by atoms with Gasteiger partial charge in [-0.25, -0.2) is 0 Å². The van der Waals surface area contributed by atoms with Crippen molar-refractivity contribution in [2.75, 3.05) is 20.3 Å². The molecule has 2 bridgehead atoms. The monoisotopic (exact) mass is 474 g/mol. The summed E-state index contributed by atoms with van der Waals surface area (Å²) in [7, 11) is 1.65. The molecule has 0 aromatic heterocycles. The number of nitro benzene ring substituents is 2. The number of carbonyl (C=O) groups excluding carboxylic acids is 1. The number of ether oxygens (including phenoxy) is 3. The average molecular weight is 473 g/mol. The number of fused-ring (bicyclic) bond motifs is 2. The number of methoxy groups -OCH3 is 1. The predicted molar refractivity (Wildman–Crippen MR) is 102 cm³/mol. The van der Waals surface area contributed by atoms with Gasteiger partial charge >= 0.3 is 173 Å². The number of nitrogens with zero attached hydrogens (tertiary/aromatic N) is 2. The predicted octanol–water partition coefficient (Wildman–Crippen LogP) is 2.93. The van der Waals surface area contributed by atoms with Crippen molar-refractivity contribution in [3.63, 3.8) is 0 Å². The molecule has 158 valence electrons. The molecule has 0 saturated carbocycles. The van der Waals surface area contributed by atoms with Gasteiger partial charge in [0.15, 0.2) is 0 Å². The van der Waals surface area contributed by atoms with E-state index in [4.69, 9.17) is 14.2 Å². The van der Waals surface area contributed by atoms with Crippen LogP contribution in [0.25, 0.3) is 0 Å². The molecule has 0 spiro atoms. The van der Waals surface area contributed by atoms with Gasteiger partial charge in [-0.15, -0.1) is 0 Å². The van der Waals surface area contributed by atoms with Crippen LogP contribution in [-0.2, 0) is 14.2 Å². The van der Waals surface area contributed by atoms with Crippen LogP contribution in [0.15, 0.2) is 18.2 Å². The number of benzene rings is 1.